The fourth-order valence-corrected chi connectivity index (χ4v) is 4.06. The first-order valence-corrected chi connectivity index (χ1v) is 11.0. The molecule has 4 rings (SSSR count). The number of hydrogen-bond donors (Lipinski definition) is 1. The Bertz CT molecular complexity index is 1450. The number of carbonyl (C=O) groups is 2. The van der Waals surface area contributed by atoms with Gasteiger partial charge in [-0.25, -0.2) is 9.48 Å². The summed E-state index contributed by atoms with van der Waals surface area (Å²) in [5, 5.41) is 3.28. The van der Waals surface area contributed by atoms with E-state index in [4.69, 9.17) is 4.74 Å². The van der Waals surface area contributed by atoms with Gasteiger partial charge in [0.05, 0.1) is 22.5 Å². The lowest BCUT2D eigenvalue weighted by molar-refractivity contribution is -0.119. The first-order valence-electron chi connectivity index (χ1n) is 11.0. The Hall–Kier alpha value is -4.20. The summed E-state index contributed by atoms with van der Waals surface area (Å²) in [7, 11) is 1.74. The summed E-state index contributed by atoms with van der Waals surface area (Å²) in [5.74, 6) is -1.20. The molecule has 0 aliphatic rings. The quantitative estimate of drug-likeness (QED) is 0.445. The molecule has 1 N–H and O–H groups in total. The van der Waals surface area contributed by atoms with E-state index in [2.05, 4.69) is 10.3 Å². The molecular weight excluding hydrogens is 432 g/mol. The average Bonchev–Trinajstić information content (AvgIpc) is 3.05. The van der Waals surface area contributed by atoms with Crippen LogP contribution in [0.3, 0.4) is 0 Å². The highest BCUT2D eigenvalue weighted by molar-refractivity contribution is 6.06. The number of benzene rings is 2. The Balaban J connectivity index is 1.55. The standard InChI is InChI=1S/C26H26N4O4/c1-5-20-16(2)23(19-13-9-10-14-21(19)27-20)26(33)34-15-22(31)28-24-17(3)29(4)30(25(24)32)18-11-7-6-8-12-18/h6-14H,5,15H2,1-4H3,(H,28,31). The molecule has 0 saturated carbocycles. The molecule has 0 fully saturated rings. The summed E-state index contributed by atoms with van der Waals surface area (Å²) in [5.41, 5.74) is 3.67. The smallest absolute Gasteiger partial charge is 0.339 e. The van der Waals surface area contributed by atoms with Crippen LogP contribution >= 0.6 is 0 Å². The fourth-order valence-electron chi connectivity index (χ4n) is 4.06. The molecule has 0 bridgehead atoms. The highest BCUT2D eigenvalue weighted by Crippen LogP contribution is 2.24. The maximum atomic E-state index is 13.0. The van der Waals surface area contributed by atoms with Gasteiger partial charge in [-0.05, 0) is 44.0 Å². The highest BCUT2D eigenvalue weighted by Gasteiger charge is 2.21. The molecule has 0 atom stereocenters. The number of ether oxygens (including phenoxy) is 1. The zero-order valence-electron chi connectivity index (χ0n) is 19.6. The van der Waals surface area contributed by atoms with Crippen LogP contribution in [-0.2, 0) is 23.0 Å². The van der Waals surface area contributed by atoms with Crippen molar-refractivity contribution in [3.05, 3.63) is 87.5 Å². The molecule has 8 nitrogen and oxygen atoms in total. The number of anilines is 1. The van der Waals surface area contributed by atoms with Crippen molar-refractivity contribution in [1.82, 2.24) is 14.3 Å². The summed E-state index contributed by atoms with van der Waals surface area (Å²) in [6.45, 7) is 5.02. The number of fused-ring (bicyclic) bond motifs is 1. The van der Waals surface area contributed by atoms with Crippen molar-refractivity contribution in [3.63, 3.8) is 0 Å². The van der Waals surface area contributed by atoms with Crippen LogP contribution in [0.4, 0.5) is 5.69 Å². The Kier molecular flexibility index (Phi) is 6.32. The van der Waals surface area contributed by atoms with Crippen molar-refractivity contribution in [2.75, 3.05) is 11.9 Å². The SMILES string of the molecule is CCc1nc2ccccc2c(C(=O)OCC(=O)Nc2c(C)n(C)n(-c3ccccc3)c2=O)c1C. The van der Waals surface area contributed by atoms with Gasteiger partial charge in [0.1, 0.15) is 5.69 Å². The van der Waals surface area contributed by atoms with Crippen molar-refractivity contribution >= 4 is 28.5 Å². The summed E-state index contributed by atoms with van der Waals surface area (Å²) in [6.07, 6.45) is 0.665. The van der Waals surface area contributed by atoms with Crippen molar-refractivity contribution < 1.29 is 14.3 Å². The van der Waals surface area contributed by atoms with E-state index in [1.54, 1.807) is 30.8 Å². The van der Waals surface area contributed by atoms with Gasteiger partial charge in [-0.3, -0.25) is 19.3 Å². The predicted octanol–water partition coefficient (Wildman–Crippen LogP) is 3.70. The van der Waals surface area contributed by atoms with Gasteiger partial charge < -0.3 is 10.1 Å². The Morgan fingerprint density at radius 1 is 1.03 bits per heavy atom. The largest absolute Gasteiger partial charge is 0.452 e. The second-order valence-corrected chi connectivity index (χ2v) is 7.99. The van der Waals surface area contributed by atoms with Gasteiger partial charge in [-0.2, -0.15) is 0 Å². The lowest BCUT2D eigenvalue weighted by Crippen LogP contribution is -2.26. The maximum Gasteiger partial charge on any atom is 0.339 e. The molecule has 0 saturated heterocycles. The molecule has 1 amide bonds. The molecule has 34 heavy (non-hydrogen) atoms. The molecule has 174 valence electrons. The molecule has 2 aromatic heterocycles. The highest BCUT2D eigenvalue weighted by atomic mass is 16.5. The van der Waals surface area contributed by atoms with E-state index >= 15 is 0 Å². The topological polar surface area (TPSA) is 95.2 Å². The van der Waals surface area contributed by atoms with Crippen LogP contribution in [-0.4, -0.2) is 32.8 Å². The summed E-state index contributed by atoms with van der Waals surface area (Å²) in [6, 6.07) is 16.5. The number of hydrogen-bond acceptors (Lipinski definition) is 5. The van der Waals surface area contributed by atoms with Gasteiger partial charge in [-0.1, -0.05) is 43.3 Å². The lowest BCUT2D eigenvalue weighted by atomic mass is 10.0. The lowest BCUT2D eigenvalue weighted by Gasteiger charge is -2.13. The number of esters is 1. The number of para-hydroxylation sites is 2. The van der Waals surface area contributed by atoms with Gasteiger partial charge >= 0.3 is 5.97 Å². The number of nitrogens with zero attached hydrogens (tertiary/aromatic N) is 3. The monoisotopic (exact) mass is 458 g/mol. The molecule has 0 aliphatic heterocycles. The van der Waals surface area contributed by atoms with Crippen LogP contribution in [0.5, 0.6) is 0 Å². The molecule has 0 radical (unpaired) electrons. The van der Waals surface area contributed by atoms with Gasteiger partial charge in [0.2, 0.25) is 0 Å². The normalized spacial score (nSPS) is 10.9. The van der Waals surface area contributed by atoms with Crippen molar-refractivity contribution in [1.29, 1.82) is 0 Å². The fraction of sp³-hybridized carbons (Fsp3) is 0.231. The Morgan fingerprint density at radius 2 is 1.71 bits per heavy atom. The van der Waals surface area contributed by atoms with E-state index in [9.17, 15) is 14.4 Å². The maximum absolute atomic E-state index is 13.0. The molecule has 0 aliphatic carbocycles. The molecule has 2 heterocycles. The number of nitrogens with one attached hydrogen (secondary N) is 1. The first kappa shape index (κ1) is 23.0. The summed E-state index contributed by atoms with van der Waals surface area (Å²) >= 11 is 0. The van der Waals surface area contributed by atoms with Gasteiger partial charge in [0.15, 0.2) is 6.61 Å². The van der Waals surface area contributed by atoms with E-state index in [0.717, 1.165) is 11.3 Å². The molecule has 2 aromatic carbocycles. The number of aryl methyl sites for hydroxylation is 1. The van der Waals surface area contributed by atoms with E-state index in [-0.39, 0.29) is 11.2 Å². The van der Waals surface area contributed by atoms with E-state index < -0.39 is 18.5 Å². The molecule has 0 spiro atoms. The molecular formula is C26H26N4O4. The molecule has 0 unspecified atom stereocenters. The van der Waals surface area contributed by atoms with Crippen LogP contribution < -0.4 is 10.9 Å². The van der Waals surface area contributed by atoms with Gasteiger partial charge in [0, 0.05) is 18.1 Å². The minimum atomic E-state index is -0.604. The Morgan fingerprint density at radius 3 is 2.41 bits per heavy atom. The number of aromatic nitrogens is 3. The second kappa shape index (κ2) is 9.35. The van der Waals surface area contributed by atoms with Gasteiger partial charge in [0.25, 0.3) is 11.5 Å². The van der Waals surface area contributed by atoms with E-state index in [1.807, 2.05) is 56.3 Å². The third-order valence-corrected chi connectivity index (χ3v) is 5.93. The zero-order chi connectivity index (χ0) is 24.4. The van der Waals surface area contributed by atoms with Crippen LogP contribution in [0.2, 0.25) is 0 Å². The second-order valence-electron chi connectivity index (χ2n) is 7.99. The first-order chi connectivity index (χ1) is 16.3. The van der Waals surface area contributed by atoms with Crippen molar-refractivity contribution in [3.8, 4) is 5.69 Å². The van der Waals surface area contributed by atoms with Gasteiger partial charge in [-0.15, -0.1) is 0 Å². The Labute approximate surface area is 196 Å². The van der Waals surface area contributed by atoms with E-state index in [0.29, 0.717) is 34.3 Å². The summed E-state index contributed by atoms with van der Waals surface area (Å²) in [4.78, 5) is 43.2. The number of rotatable bonds is 6. The van der Waals surface area contributed by atoms with Crippen LogP contribution in [0.15, 0.2) is 59.4 Å². The minimum Gasteiger partial charge on any atom is -0.452 e. The summed E-state index contributed by atoms with van der Waals surface area (Å²) < 4.78 is 8.49. The number of amides is 1. The third kappa shape index (κ3) is 4.10. The van der Waals surface area contributed by atoms with Crippen LogP contribution in [0.25, 0.3) is 16.6 Å². The predicted molar refractivity (Wildman–Crippen MR) is 131 cm³/mol. The third-order valence-electron chi connectivity index (χ3n) is 5.93. The molecule has 4 aromatic rings. The number of carbonyl (C=O) groups excluding carboxylic acids is 2. The van der Waals surface area contributed by atoms with Crippen LogP contribution in [0, 0.1) is 13.8 Å². The van der Waals surface area contributed by atoms with Crippen molar-refractivity contribution in [2.24, 2.45) is 7.05 Å². The number of pyridine rings is 1. The zero-order valence-corrected chi connectivity index (χ0v) is 19.6. The van der Waals surface area contributed by atoms with E-state index in [1.165, 1.54) is 4.68 Å². The van der Waals surface area contributed by atoms with Crippen molar-refractivity contribution in [2.45, 2.75) is 27.2 Å². The minimum absolute atomic E-state index is 0.145. The van der Waals surface area contributed by atoms with Crippen LogP contribution in [0.1, 0.15) is 34.2 Å². The average molecular weight is 459 g/mol. The molecule has 8 heteroatoms.